The molecule has 0 aromatic carbocycles. The first-order chi connectivity index (χ1) is 4.16. The number of hydrogen-bond acceptors (Lipinski definition) is 2. The van der Waals surface area contributed by atoms with Crippen LogP contribution in [0, 0.1) is 17.2 Å². The lowest BCUT2D eigenvalue weighted by atomic mass is 10.2. The molecule has 0 saturated heterocycles. The van der Waals surface area contributed by atoms with Gasteiger partial charge in [-0.25, -0.2) is 0 Å². The average molecular weight is 126 g/mol. The summed E-state index contributed by atoms with van der Waals surface area (Å²) in [6, 6.07) is 2.64. The zero-order valence-electron chi connectivity index (χ0n) is 6.31. The van der Waals surface area contributed by atoms with Crippen LogP contribution in [-0.2, 0) is 0 Å². The monoisotopic (exact) mass is 126 g/mol. The predicted molar refractivity (Wildman–Crippen MR) is 37.9 cm³/mol. The van der Waals surface area contributed by atoms with Crippen LogP contribution in [0.1, 0.15) is 20.8 Å². The molecule has 0 aliphatic heterocycles. The zero-order chi connectivity index (χ0) is 7.28. The highest BCUT2D eigenvalue weighted by atomic mass is 14.9. The van der Waals surface area contributed by atoms with Gasteiger partial charge in [-0.3, -0.25) is 0 Å². The first-order valence-electron chi connectivity index (χ1n) is 3.29. The van der Waals surface area contributed by atoms with Crippen LogP contribution in [0.4, 0.5) is 0 Å². The lowest BCUT2D eigenvalue weighted by Crippen LogP contribution is -2.27. The van der Waals surface area contributed by atoms with Crippen molar-refractivity contribution in [1.29, 1.82) is 5.26 Å². The Morgan fingerprint density at radius 1 is 1.44 bits per heavy atom. The Hall–Kier alpha value is -0.550. The molecule has 0 heterocycles. The number of hydrogen-bond donors (Lipinski definition) is 1. The molecule has 2 heteroatoms. The van der Waals surface area contributed by atoms with Crippen LogP contribution < -0.4 is 5.32 Å². The Labute approximate surface area is 56.9 Å². The van der Waals surface area contributed by atoms with E-state index in [2.05, 4.69) is 25.2 Å². The maximum Gasteiger partial charge on any atom is 0.0666 e. The largest absolute Gasteiger partial charge is 0.313 e. The van der Waals surface area contributed by atoms with Crippen molar-refractivity contribution in [3.05, 3.63) is 0 Å². The van der Waals surface area contributed by atoms with Gasteiger partial charge in [0.05, 0.1) is 12.0 Å². The molecule has 1 atom stereocenters. The molecule has 0 aliphatic carbocycles. The Balaban J connectivity index is 3.19. The van der Waals surface area contributed by atoms with E-state index in [-0.39, 0.29) is 5.92 Å². The first-order valence-corrected chi connectivity index (χ1v) is 3.29. The summed E-state index contributed by atoms with van der Waals surface area (Å²) in [6.07, 6.45) is 0. The molecule has 0 bridgehead atoms. The van der Waals surface area contributed by atoms with E-state index >= 15 is 0 Å². The quantitative estimate of drug-likeness (QED) is 0.615. The van der Waals surface area contributed by atoms with Crippen LogP contribution in [0.2, 0.25) is 0 Å². The minimum Gasteiger partial charge on any atom is -0.313 e. The van der Waals surface area contributed by atoms with Crippen molar-refractivity contribution in [2.45, 2.75) is 26.8 Å². The number of nitrogens with zero attached hydrogens (tertiary/aromatic N) is 1. The van der Waals surface area contributed by atoms with Gasteiger partial charge in [0.2, 0.25) is 0 Å². The van der Waals surface area contributed by atoms with Gasteiger partial charge in [-0.15, -0.1) is 0 Å². The first kappa shape index (κ1) is 8.45. The van der Waals surface area contributed by atoms with Crippen LogP contribution in [0.25, 0.3) is 0 Å². The third-order valence-corrected chi connectivity index (χ3v) is 1.05. The fraction of sp³-hybridized carbons (Fsp3) is 0.857. The van der Waals surface area contributed by atoms with Gasteiger partial charge in [-0.05, 0) is 6.92 Å². The standard InChI is InChI=1S/C7H14N2/c1-6(2)9-5-7(3)4-8/h6-7,9H,5H2,1-3H3. The molecule has 0 amide bonds. The Morgan fingerprint density at radius 2 is 2.00 bits per heavy atom. The maximum absolute atomic E-state index is 8.36. The minimum atomic E-state index is 0.132. The van der Waals surface area contributed by atoms with Crippen molar-refractivity contribution in [2.75, 3.05) is 6.54 Å². The van der Waals surface area contributed by atoms with Crippen LogP contribution in [-0.4, -0.2) is 12.6 Å². The summed E-state index contributed by atoms with van der Waals surface area (Å²) in [5.41, 5.74) is 0. The van der Waals surface area contributed by atoms with E-state index in [9.17, 15) is 0 Å². The summed E-state index contributed by atoms with van der Waals surface area (Å²) >= 11 is 0. The maximum atomic E-state index is 8.36. The van der Waals surface area contributed by atoms with Crippen molar-refractivity contribution < 1.29 is 0 Å². The molecule has 2 nitrogen and oxygen atoms in total. The molecule has 0 aromatic rings. The van der Waals surface area contributed by atoms with Gasteiger partial charge in [0.25, 0.3) is 0 Å². The predicted octanol–water partition coefficient (Wildman–Crippen LogP) is 1.14. The van der Waals surface area contributed by atoms with E-state index in [4.69, 9.17) is 5.26 Å². The van der Waals surface area contributed by atoms with Crippen molar-refractivity contribution in [2.24, 2.45) is 5.92 Å². The van der Waals surface area contributed by atoms with Gasteiger partial charge < -0.3 is 5.32 Å². The summed E-state index contributed by atoms with van der Waals surface area (Å²) in [5, 5.41) is 11.5. The lowest BCUT2D eigenvalue weighted by Gasteiger charge is -2.07. The highest BCUT2D eigenvalue weighted by Crippen LogP contribution is 1.88. The Morgan fingerprint density at radius 3 is 2.33 bits per heavy atom. The zero-order valence-corrected chi connectivity index (χ0v) is 6.31. The molecule has 0 spiro atoms. The number of nitriles is 1. The minimum absolute atomic E-state index is 0.132. The molecule has 9 heavy (non-hydrogen) atoms. The summed E-state index contributed by atoms with van der Waals surface area (Å²) in [7, 11) is 0. The smallest absolute Gasteiger partial charge is 0.0666 e. The molecular weight excluding hydrogens is 112 g/mol. The third kappa shape index (κ3) is 5.32. The van der Waals surface area contributed by atoms with Crippen molar-refractivity contribution in [3.8, 4) is 6.07 Å². The summed E-state index contributed by atoms with van der Waals surface area (Å²) < 4.78 is 0. The molecule has 1 N–H and O–H groups in total. The second-order valence-corrected chi connectivity index (χ2v) is 2.59. The van der Waals surface area contributed by atoms with Crippen molar-refractivity contribution >= 4 is 0 Å². The van der Waals surface area contributed by atoms with E-state index in [0.717, 1.165) is 6.54 Å². The van der Waals surface area contributed by atoms with Gasteiger partial charge in [-0.2, -0.15) is 5.26 Å². The van der Waals surface area contributed by atoms with Crippen LogP contribution in [0.5, 0.6) is 0 Å². The second kappa shape index (κ2) is 4.34. The SMILES string of the molecule is CC(C#N)CNC(C)C. The second-order valence-electron chi connectivity index (χ2n) is 2.59. The number of rotatable bonds is 3. The van der Waals surface area contributed by atoms with E-state index in [1.807, 2.05) is 6.92 Å². The van der Waals surface area contributed by atoms with Gasteiger partial charge >= 0.3 is 0 Å². The van der Waals surface area contributed by atoms with E-state index in [1.165, 1.54) is 0 Å². The summed E-state index contributed by atoms with van der Waals surface area (Å²) in [4.78, 5) is 0. The lowest BCUT2D eigenvalue weighted by molar-refractivity contribution is 0.538. The molecule has 0 rings (SSSR count). The third-order valence-electron chi connectivity index (χ3n) is 1.05. The summed E-state index contributed by atoms with van der Waals surface area (Å²) in [6.45, 7) is 6.86. The molecule has 52 valence electrons. The highest BCUT2D eigenvalue weighted by molar-refractivity contribution is 4.80. The Bertz CT molecular complexity index is 102. The fourth-order valence-corrected chi connectivity index (χ4v) is 0.458. The fourth-order valence-electron chi connectivity index (χ4n) is 0.458. The van der Waals surface area contributed by atoms with Crippen LogP contribution in [0.3, 0.4) is 0 Å². The Kier molecular flexibility index (Phi) is 4.08. The normalized spacial score (nSPS) is 13.2. The summed E-state index contributed by atoms with van der Waals surface area (Å²) in [5.74, 6) is 0.132. The average Bonchev–Trinajstić information content (AvgIpc) is 1.83. The van der Waals surface area contributed by atoms with Gasteiger partial charge in [0, 0.05) is 12.6 Å². The molecule has 0 aromatic heterocycles. The van der Waals surface area contributed by atoms with Crippen LogP contribution in [0.15, 0.2) is 0 Å². The molecule has 0 aliphatic rings. The van der Waals surface area contributed by atoms with Gasteiger partial charge in [0.1, 0.15) is 0 Å². The van der Waals surface area contributed by atoms with E-state index in [0.29, 0.717) is 6.04 Å². The van der Waals surface area contributed by atoms with Crippen molar-refractivity contribution in [1.82, 2.24) is 5.32 Å². The molecule has 0 saturated carbocycles. The number of nitrogens with one attached hydrogen (secondary N) is 1. The van der Waals surface area contributed by atoms with E-state index < -0.39 is 0 Å². The molecular formula is C7H14N2. The van der Waals surface area contributed by atoms with E-state index in [1.54, 1.807) is 0 Å². The molecule has 0 fully saturated rings. The molecule has 1 unspecified atom stereocenters. The van der Waals surface area contributed by atoms with Gasteiger partial charge in [-0.1, -0.05) is 13.8 Å². The highest BCUT2D eigenvalue weighted by Gasteiger charge is 1.98. The van der Waals surface area contributed by atoms with Crippen molar-refractivity contribution in [3.63, 3.8) is 0 Å². The van der Waals surface area contributed by atoms with Gasteiger partial charge in [0.15, 0.2) is 0 Å². The topological polar surface area (TPSA) is 35.8 Å². The molecule has 0 radical (unpaired) electrons. The van der Waals surface area contributed by atoms with Crippen LogP contribution >= 0.6 is 0 Å².